The van der Waals surface area contributed by atoms with Gasteiger partial charge in [-0.2, -0.15) is 4.99 Å². The lowest BCUT2D eigenvalue weighted by molar-refractivity contribution is -0.00167. The lowest BCUT2D eigenvalue weighted by Crippen LogP contribution is -2.39. The van der Waals surface area contributed by atoms with Gasteiger partial charge in [0, 0.05) is 5.92 Å². The summed E-state index contributed by atoms with van der Waals surface area (Å²) in [5, 5.41) is 0. The van der Waals surface area contributed by atoms with Crippen molar-refractivity contribution in [2.45, 2.75) is 66.4 Å². The Morgan fingerprint density at radius 2 is 1.78 bits per heavy atom. The van der Waals surface area contributed by atoms with Crippen molar-refractivity contribution in [1.82, 2.24) is 0 Å². The number of rotatable bonds is 1. The molecule has 1 saturated heterocycles. The molecule has 2 heterocycles. The van der Waals surface area contributed by atoms with Gasteiger partial charge in [-0.15, -0.1) is 0 Å². The van der Waals surface area contributed by atoms with E-state index >= 15 is 0 Å². The van der Waals surface area contributed by atoms with Gasteiger partial charge in [0.05, 0.1) is 6.10 Å². The van der Waals surface area contributed by atoms with Gasteiger partial charge in [-0.1, -0.05) is 41.5 Å². The summed E-state index contributed by atoms with van der Waals surface area (Å²) < 4.78 is 11.8. The average Bonchev–Trinajstić information content (AvgIpc) is 2.53. The maximum Gasteiger partial charge on any atom is 0.285 e. The van der Waals surface area contributed by atoms with Gasteiger partial charge >= 0.3 is 0 Å². The summed E-state index contributed by atoms with van der Waals surface area (Å²) in [7, 11) is 0. The van der Waals surface area contributed by atoms with Crippen molar-refractivity contribution in [3.05, 3.63) is 0 Å². The van der Waals surface area contributed by atoms with E-state index in [0.29, 0.717) is 5.92 Å². The Labute approximate surface area is 110 Å². The van der Waals surface area contributed by atoms with Crippen molar-refractivity contribution < 1.29 is 9.47 Å². The van der Waals surface area contributed by atoms with Gasteiger partial charge < -0.3 is 15.2 Å². The molecule has 2 N–H and O–H groups in total. The summed E-state index contributed by atoms with van der Waals surface area (Å²) in [5.74, 6) is 0.325. The molecule has 104 valence electrons. The Morgan fingerprint density at radius 3 is 2.28 bits per heavy atom. The van der Waals surface area contributed by atoms with Crippen LogP contribution in [0.15, 0.2) is 4.99 Å². The van der Waals surface area contributed by atoms with Gasteiger partial charge in [-0.05, 0) is 17.3 Å². The van der Waals surface area contributed by atoms with Gasteiger partial charge in [0.1, 0.15) is 0 Å². The smallest absolute Gasteiger partial charge is 0.285 e. The van der Waals surface area contributed by atoms with Gasteiger partial charge in [-0.25, -0.2) is 0 Å². The minimum Gasteiger partial charge on any atom is -0.457 e. The molecule has 0 aromatic rings. The van der Waals surface area contributed by atoms with Gasteiger partial charge in [0.25, 0.3) is 6.02 Å². The predicted molar refractivity (Wildman–Crippen MR) is 72.2 cm³/mol. The summed E-state index contributed by atoms with van der Waals surface area (Å²) in [5.41, 5.74) is 6.01. The van der Waals surface area contributed by atoms with Crippen LogP contribution in [-0.4, -0.2) is 24.5 Å². The van der Waals surface area contributed by atoms with Crippen molar-refractivity contribution in [2.24, 2.45) is 27.5 Å². The van der Waals surface area contributed by atoms with Crippen molar-refractivity contribution >= 4 is 6.02 Å². The highest BCUT2D eigenvalue weighted by molar-refractivity contribution is 5.73. The average molecular weight is 254 g/mol. The number of hydrogen-bond donors (Lipinski definition) is 1. The number of aliphatic imine (C=N–C) groups is 1. The van der Waals surface area contributed by atoms with Crippen molar-refractivity contribution in [1.29, 1.82) is 0 Å². The normalized spacial score (nSPS) is 36.2. The second-order valence-electron chi connectivity index (χ2n) is 7.77. The molecule has 2 rings (SSSR count). The van der Waals surface area contributed by atoms with Crippen LogP contribution in [0.3, 0.4) is 0 Å². The van der Waals surface area contributed by atoms with E-state index in [1.807, 2.05) is 0 Å². The van der Waals surface area contributed by atoms with E-state index in [1.54, 1.807) is 0 Å². The second kappa shape index (κ2) is 4.12. The van der Waals surface area contributed by atoms with Crippen LogP contribution in [0.2, 0.25) is 0 Å². The first-order valence-electron chi connectivity index (χ1n) is 6.73. The third-order valence-electron chi connectivity index (χ3n) is 3.67. The van der Waals surface area contributed by atoms with Gasteiger partial charge in [0.15, 0.2) is 12.3 Å². The minimum absolute atomic E-state index is 0.0163. The minimum atomic E-state index is -0.207. The molecule has 0 saturated carbocycles. The molecule has 0 spiro atoms. The number of fused-ring (bicyclic) bond motifs is 1. The fraction of sp³-hybridized carbons (Fsp3) is 0.929. The molecular weight excluding hydrogens is 228 g/mol. The maximum atomic E-state index is 6.08. The zero-order chi connectivity index (χ0) is 13.7. The molecule has 4 heteroatoms. The third kappa shape index (κ3) is 2.63. The quantitative estimate of drug-likeness (QED) is 0.782. The van der Waals surface area contributed by atoms with Crippen molar-refractivity contribution in [2.75, 3.05) is 0 Å². The molecule has 4 atom stereocenters. The third-order valence-corrected chi connectivity index (χ3v) is 3.67. The Morgan fingerprint density at radius 1 is 1.17 bits per heavy atom. The largest absolute Gasteiger partial charge is 0.457 e. The van der Waals surface area contributed by atoms with Crippen LogP contribution in [0, 0.1) is 16.7 Å². The zero-order valence-corrected chi connectivity index (χ0v) is 12.4. The molecule has 1 unspecified atom stereocenters. The molecule has 0 amide bonds. The second-order valence-corrected chi connectivity index (χ2v) is 7.77. The van der Waals surface area contributed by atoms with Crippen LogP contribution in [-0.2, 0) is 9.47 Å². The van der Waals surface area contributed by atoms with E-state index in [0.717, 1.165) is 6.42 Å². The standard InChI is InChI=1S/C14H26N2O2/c1-13(2,3)7-8-9(14(4,5)6)10-11(17-8)16-12(15)18-10/h8-11H,7H2,1-6H3,(H2,15,16)/t8-,9?,10-,11-/m1/s1. The van der Waals surface area contributed by atoms with Gasteiger partial charge in [0.2, 0.25) is 0 Å². The number of ether oxygens (including phenoxy) is 2. The fourth-order valence-corrected chi connectivity index (χ4v) is 3.09. The summed E-state index contributed by atoms with van der Waals surface area (Å²) >= 11 is 0. The molecule has 1 fully saturated rings. The van der Waals surface area contributed by atoms with E-state index in [-0.39, 0.29) is 35.3 Å². The molecule has 18 heavy (non-hydrogen) atoms. The van der Waals surface area contributed by atoms with E-state index in [4.69, 9.17) is 15.2 Å². The lowest BCUT2D eigenvalue weighted by Gasteiger charge is -2.35. The highest BCUT2D eigenvalue weighted by atomic mass is 16.6. The Bertz CT molecular complexity index is 352. The van der Waals surface area contributed by atoms with E-state index in [2.05, 4.69) is 46.5 Å². The first kappa shape index (κ1) is 13.7. The van der Waals surface area contributed by atoms with Crippen molar-refractivity contribution in [3.63, 3.8) is 0 Å². The van der Waals surface area contributed by atoms with Crippen LogP contribution in [0.4, 0.5) is 0 Å². The maximum absolute atomic E-state index is 6.08. The summed E-state index contributed by atoms with van der Waals surface area (Å²) in [6.07, 6.45) is 0.983. The Hall–Kier alpha value is -0.770. The van der Waals surface area contributed by atoms with Gasteiger partial charge in [-0.3, -0.25) is 0 Å². The van der Waals surface area contributed by atoms with E-state index < -0.39 is 0 Å². The van der Waals surface area contributed by atoms with Crippen LogP contribution in [0.1, 0.15) is 48.0 Å². The first-order chi connectivity index (χ1) is 8.08. The summed E-state index contributed by atoms with van der Waals surface area (Å²) in [4.78, 5) is 4.24. The predicted octanol–water partition coefficient (Wildman–Crippen LogP) is 2.52. The monoisotopic (exact) mass is 254 g/mol. The first-order valence-corrected chi connectivity index (χ1v) is 6.73. The van der Waals surface area contributed by atoms with Crippen molar-refractivity contribution in [3.8, 4) is 0 Å². The molecule has 2 aliphatic heterocycles. The van der Waals surface area contributed by atoms with E-state index in [9.17, 15) is 0 Å². The number of nitrogens with zero attached hydrogens (tertiary/aromatic N) is 1. The number of nitrogens with two attached hydrogens (primary N) is 1. The van der Waals surface area contributed by atoms with Crippen LogP contribution >= 0.6 is 0 Å². The molecule has 4 nitrogen and oxygen atoms in total. The Balaban J connectivity index is 2.20. The molecule has 0 radical (unpaired) electrons. The van der Waals surface area contributed by atoms with Crippen LogP contribution < -0.4 is 5.73 Å². The highest BCUT2D eigenvalue weighted by Crippen LogP contribution is 2.46. The summed E-state index contributed by atoms with van der Waals surface area (Å²) in [6, 6.07) is 0.272. The van der Waals surface area contributed by atoms with Crippen LogP contribution in [0.25, 0.3) is 0 Å². The number of amidine groups is 1. The SMILES string of the molecule is CC(C)(C)C[C@H]1O[C@H]2N=C(N)O[C@@H]2C1C(C)(C)C. The molecule has 0 aromatic heterocycles. The highest BCUT2D eigenvalue weighted by Gasteiger charge is 2.54. The topological polar surface area (TPSA) is 56.8 Å². The lowest BCUT2D eigenvalue weighted by atomic mass is 9.71. The fourth-order valence-electron chi connectivity index (χ4n) is 3.09. The molecule has 0 aliphatic carbocycles. The number of hydrogen-bond acceptors (Lipinski definition) is 4. The zero-order valence-electron chi connectivity index (χ0n) is 12.4. The Kier molecular flexibility index (Phi) is 3.13. The molecule has 2 aliphatic rings. The van der Waals surface area contributed by atoms with E-state index in [1.165, 1.54) is 0 Å². The summed E-state index contributed by atoms with van der Waals surface area (Å²) in [6.45, 7) is 13.4. The molecule has 0 aromatic carbocycles. The molecule has 0 bridgehead atoms. The molecular formula is C14H26N2O2. The van der Waals surface area contributed by atoms with Crippen LogP contribution in [0.5, 0.6) is 0 Å².